The summed E-state index contributed by atoms with van der Waals surface area (Å²) in [6.07, 6.45) is 6.73. The number of aromatic nitrogens is 2. The normalized spacial score (nSPS) is 11.6. The molecule has 0 aliphatic rings. The molecule has 0 bridgehead atoms. The van der Waals surface area contributed by atoms with Crippen LogP contribution in [0.5, 0.6) is 5.75 Å². The number of allylic oxidation sites excluding steroid dienone is 3. The molecule has 0 aliphatic carbocycles. The number of thioether (sulfide) groups is 1. The van der Waals surface area contributed by atoms with E-state index in [1.807, 2.05) is 49.4 Å². The third-order valence-corrected chi connectivity index (χ3v) is 4.91. The van der Waals surface area contributed by atoms with Crippen LogP contribution in [0.15, 0.2) is 71.6 Å². The van der Waals surface area contributed by atoms with Crippen LogP contribution in [0.4, 0.5) is 5.69 Å². The van der Waals surface area contributed by atoms with Crippen molar-refractivity contribution in [2.45, 2.75) is 25.4 Å². The summed E-state index contributed by atoms with van der Waals surface area (Å²) < 4.78 is 5.83. The van der Waals surface area contributed by atoms with E-state index in [4.69, 9.17) is 10.00 Å². The standard InChI is InChI=1S/C23H22N4O2S/c1-3-5-18(6-4-2)29-19-10-8-17(9-11-19)25-22(28)15-30-23-26-20-12-7-16(14-24)13-21(20)27-23/h3,5-13H,4,15H2,1-2H3,(H,25,28)(H,26,27)/b5-3-,18-6+. The average molecular weight is 419 g/mol. The molecule has 1 heterocycles. The number of amides is 1. The lowest BCUT2D eigenvalue weighted by Crippen LogP contribution is -2.14. The largest absolute Gasteiger partial charge is 0.458 e. The van der Waals surface area contributed by atoms with Crippen molar-refractivity contribution in [3.05, 3.63) is 72.0 Å². The molecule has 6 nitrogen and oxygen atoms in total. The molecule has 0 radical (unpaired) electrons. The molecule has 1 amide bonds. The average Bonchev–Trinajstić information content (AvgIpc) is 3.16. The van der Waals surface area contributed by atoms with Gasteiger partial charge in [-0.05, 0) is 68.0 Å². The van der Waals surface area contributed by atoms with Gasteiger partial charge in [-0.2, -0.15) is 5.26 Å². The van der Waals surface area contributed by atoms with Gasteiger partial charge in [0, 0.05) is 5.69 Å². The fourth-order valence-electron chi connectivity index (χ4n) is 2.71. The van der Waals surface area contributed by atoms with Crippen molar-refractivity contribution >= 4 is 34.4 Å². The summed E-state index contributed by atoms with van der Waals surface area (Å²) in [5.41, 5.74) is 2.81. The van der Waals surface area contributed by atoms with Crippen molar-refractivity contribution in [1.29, 1.82) is 5.26 Å². The van der Waals surface area contributed by atoms with Gasteiger partial charge in [-0.15, -0.1) is 0 Å². The summed E-state index contributed by atoms with van der Waals surface area (Å²) in [5.74, 6) is 1.58. The number of rotatable bonds is 8. The molecular weight excluding hydrogens is 396 g/mol. The fraction of sp³-hybridized carbons (Fsp3) is 0.174. The number of fused-ring (bicyclic) bond motifs is 1. The van der Waals surface area contributed by atoms with Crippen molar-refractivity contribution < 1.29 is 9.53 Å². The smallest absolute Gasteiger partial charge is 0.234 e. The molecular formula is C23H22N4O2S. The lowest BCUT2D eigenvalue weighted by Gasteiger charge is -2.08. The molecule has 2 aromatic carbocycles. The molecule has 7 heteroatoms. The highest BCUT2D eigenvalue weighted by molar-refractivity contribution is 7.99. The second-order valence-corrected chi connectivity index (χ2v) is 7.33. The Balaban J connectivity index is 1.55. The van der Waals surface area contributed by atoms with Crippen LogP contribution in [0.25, 0.3) is 11.0 Å². The topological polar surface area (TPSA) is 90.8 Å². The molecule has 0 unspecified atom stereocenters. The fourth-order valence-corrected chi connectivity index (χ4v) is 3.39. The van der Waals surface area contributed by atoms with E-state index in [-0.39, 0.29) is 11.7 Å². The van der Waals surface area contributed by atoms with Crippen LogP contribution in [0.2, 0.25) is 0 Å². The monoisotopic (exact) mass is 418 g/mol. The van der Waals surface area contributed by atoms with Gasteiger partial charge >= 0.3 is 0 Å². The quantitative estimate of drug-likeness (QED) is 0.290. The van der Waals surface area contributed by atoms with Gasteiger partial charge in [0.1, 0.15) is 11.5 Å². The maximum absolute atomic E-state index is 12.3. The molecule has 0 saturated carbocycles. The number of carbonyl (C=O) groups is 1. The van der Waals surface area contributed by atoms with Gasteiger partial charge in [-0.3, -0.25) is 4.79 Å². The zero-order chi connectivity index (χ0) is 21.3. The number of imidazole rings is 1. The molecule has 3 rings (SSSR count). The SMILES string of the molecule is C/C=C\C(=C/CC)Oc1ccc(NC(=O)CSc2nc3ccc(C#N)cc3[nH]2)cc1. The Morgan fingerprint density at radius 1 is 1.30 bits per heavy atom. The summed E-state index contributed by atoms with van der Waals surface area (Å²) in [4.78, 5) is 19.8. The van der Waals surface area contributed by atoms with Gasteiger partial charge in [0.25, 0.3) is 0 Å². The first-order chi connectivity index (χ1) is 14.6. The minimum atomic E-state index is -0.132. The number of carbonyl (C=O) groups excluding carboxylic acids is 1. The minimum Gasteiger partial charge on any atom is -0.458 e. The van der Waals surface area contributed by atoms with Crippen molar-refractivity contribution in [2.24, 2.45) is 0 Å². The van der Waals surface area contributed by atoms with E-state index in [9.17, 15) is 4.79 Å². The molecule has 0 fully saturated rings. The number of aromatic amines is 1. The summed E-state index contributed by atoms with van der Waals surface area (Å²) >= 11 is 1.31. The summed E-state index contributed by atoms with van der Waals surface area (Å²) in [6, 6.07) is 14.6. The lowest BCUT2D eigenvalue weighted by molar-refractivity contribution is -0.113. The first-order valence-corrected chi connectivity index (χ1v) is 10.5. The summed E-state index contributed by atoms with van der Waals surface area (Å²) in [7, 11) is 0. The maximum Gasteiger partial charge on any atom is 0.234 e. The molecule has 152 valence electrons. The van der Waals surface area contributed by atoms with Gasteiger partial charge in [-0.25, -0.2) is 4.98 Å². The van der Waals surface area contributed by atoms with Gasteiger partial charge in [0.2, 0.25) is 5.91 Å². The molecule has 2 N–H and O–H groups in total. The molecule has 30 heavy (non-hydrogen) atoms. The Morgan fingerprint density at radius 3 is 2.80 bits per heavy atom. The van der Waals surface area contributed by atoms with Crippen molar-refractivity contribution in [2.75, 3.05) is 11.1 Å². The predicted octanol–water partition coefficient (Wildman–Crippen LogP) is 5.41. The number of hydrogen-bond acceptors (Lipinski definition) is 5. The highest BCUT2D eigenvalue weighted by atomic mass is 32.2. The number of benzene rings is 2. The van der Waals surface area contributed by atoms with Crippen molar-refractivity contribution in [1.82, 2.24) is 9.97 Å². The van der Waals surface area contributed by atoms with Crippen LogP contribution in [0.3, 0.4) is 0 Å². The van der Waals surface area contributed by atoms with E-state index in [0.717, 1.165) is 23.2 Å². The van der Waals surface area contributed by atoms with Crippen molar-refractivity contribution in [3.63, 3.8) is 0 Å². The van der Waals surface area contributed by atoms with E-state index in [1.54, 1.807) is 18.2 Å². The van der Waals surface area contributed by atoms with E-state index in [2.05, 4.69) is 28.3 Å². The molecule has 0 atom stereocenters. The van der Waals surface area contributed by atoms with Crippen molar-refractivity contribution in [3.8, 4) is 11.8 Å². The highest BCUT2D eigenvalue weighted by Crippen LogP contribution is 2.22. The second-order valence-electron chi connectivity index (χ2n) is 6.36. The van der Waals surface area contributed by atoms with Crippen LogP contribution in [-0.4, -0.2) is 21.6 Å². The zero-order valence-corrected chi connectivity index (χ0v) is 17.6. The Hall–Kier alpha value is -3.50. The van der Waals surface area contributed by atoms with E-state index >= 15 is 0 Å². The Morgan fingerprint density at radius 2 is 2.10 bits per heavy atom. The molecule has 0 spiro atoms. The number of nitriles is 1. The van der Waals surface area contributed by atoms with Crippen LogP contribution >= 0.6 is 11.8 Å². The molecule has 1 aromatic heterocycles. The van der Waals surface area contributed by atoms with E-state index in [1.165, 1.54) is 11.8 Å². The first-order valence-electron chi connectivity index (χ1n) is 9.54. The zero-order valence-electron chi connectivity index (χ0n) is 16.8. The Bertz CT molecular complexity index is 1120. The van der Waals surface area contributed by atoms with Crippen LogP contribution in [0.1, 0.15) is 25.8 Å². The molecule has 0 saturated heterocycles. The number of nitrogens with one attached hydrogen (secondary N) is 2. The lowest BCUT2D eigenvalue weighted by atomic mass is 10.2. The van der Waals surface area contributed by atoms with Crippen LogP contribution in [-0.2, 0) is 4.79 Å². The third-order valence-electron chi connectivity index (χ3n) is 4.04. The Labute approximate surface area is 179 Å². The van der Waals surface area contributed by atoms with Gasteiger partial charge < -0.3 is 15.0 Å². The first kappa shape index (κ1) is 21.2. The number of nitrogens with zero attached hydrogens (tertiary/aromatic N) is 2. The predicted molar refractivity (Wildman–Crippen MR) is 120 cm³/mol. The molecule has 0 aliphatic heterocycles. The number of ether oxygens (including phenoxy) is 1. The van der Waals surface area contributed by atoms with Gasteiger partial charge in [0.05, 0.1) is 28.4 Å². The van der Waals surface area contributed by atoms with E-state index in [0.29, 0.717) is 22.2 Å². The number of H-pyrrole nitrogens is 1. The van der Waals surface area contributed by atoms with E-state index < -0.39 is 0 Å². The van der Waals surface area contributed by atoms with Crippen LogP contribution in [0, 0.1) is 11.3 Å². The Kier molecular flexibility index (Phi) is 7.30. The van der Waals surface area contributed by atoms with Crippen LogP contribution < -0.4 is 10.1 Å². The second kappa shape index (κ2) is 10.3. The van der Waals surface area contributed by atoms with Gasteiger partial charge in [0.15, 0.2) is 5.16 Å². The molecule has 3 aromatic rings. The third kappa shape index (κ3) is 5.75. The summed E-state index contributed by atoms with van der Waals surface area (Å²) in [6.45, 7) is 4.00. The highest BCUT2D eigenvalue weighted by Gasteiger charge is 2.08. The minimum absolute atomic E-state index is 0.132. The maximum atomic E-state index is 12.3. The number of anilines is 1. The number of hydrogen-bond donors (Lipinski definition) is 2. The summed E-state index contributed by atoms with van der Waals surface area (Å²) in [5, 5.41) is 12.5. The van der Waals surface area contributed by atoms with Gasteiger partial charge in [-0.1, -0.05) is 24.8 Å².